The summed E-state index contributed by atoms with van der Waals surface area (Å²) >= 11 is 0. The van der Waals surface area contributed by atoms with E-state index in [1.54, 1.807) is 36.4 Å². The number of phenolic OH excluding ortho intramolecular Hbond substituents is 1. The first-order valence-corrected chi connectivity index (χ1v) is 12.5. The van der Waals surface area contributed by atoms with Crippen LogP contribution in [0.5, 0.6) is 28.7 Å². The molecular weight excluding hydrogens is 510 g/mol. The van der Waals surface area contributed by atoms with Gasteiger partial charge in [-0.3, -0.25) is 4.79 Å². The first-order valence-electron chi connectivity index (χ1n) is 12.5. The summed E-state index contributed by atoms with van der Waals surface area (Å²) in [6, 6.07) is 18.6. The SMILES string of the molecule is COc1cc(-c2nc(CNC(=O)/C=C/c3cc(OC)c(OC)c(OC)c3)cc3c2[nH]c2ccccc23)ccc1O. The molecule has 0 fully saturated rings. The molecule has 204 valence electrons. The lowest BCUT2D eigenvalue weighted by atomic mass is 10.1. The Hall–Kier alpha value is -5.18. The normalized spacial score (nSPS) is 11.2. The van der Waals surface area contributed by atoms with E-state index in [2.05, 4.69) is 10.3 Å². The molecule has 0 aliphatic heterocycles. The summed E-state index contributed by atoms with van der Waals surface area (Å²) in [6.07, 6.45) is 3.11. The average Bonchev–Trinajstić information content (AvgIpc) is 3.36. The zero-order chi connectivity index (χ0) is 28.2. The van der Waals surface area contributed by atoms with E-state index in [9.17, 15) is 9.90 Å². The number of carbonyl (C=O) groups is 1. The third kappa shape index (κ3) is 5.09. The zero-order valence-corrected chi connectivity index (χ0v) is 22.6. The number of para-hydroxylation sites is 1. The van der Waals surface area contributed by atoms with Gasteiger partial charge in [-0.15, -0.1) is 0 Å². The molecule has 0 saturated carbocycles. The number of fused-ring (bicyclic) bond motifs is 3. The first-order chi connectivity index (χ1) is 19.4. The Balaban J connectivity index is 1.45. The molecule has 40 heavy (non-hydrogen) atoms. The second kappa shape index (κ2) is 11.3. The molecule has 0 bridgehead atoms. The number of nitrogens with one attached hydrogen (secondary N) is 2. The number of pyridine rings is 1. The fraction of sp³-hybridized carbons (Fsp3) is 0.161. The summed E-state index contributed by atoms with van der Waals surface area (Å²) < 4.78 is 21.4. The van der Waals surface area contributed by atoms with Crippen LogP contribution in [-0.2, 0) is 11.3 Å². The topological polar surface area (TPSA) is 115 Å². The van der Waals surface area contributed by atoms with Crippen LogP contribution in [0.15, 0.2) is 66.7 Å². The Morgan fingerprint density at radius 1 is 0.900 bits per heavy atom. The van der Waals surface area contributed by atoms with E-state index in [1.165, 1.54) is 34.5 Å². The van der Waals surface area contributed by atoms with Crippen LogP contribution >= 0.6 is 0 Å². The van der Waals surface area contributed by atoms with Gasteiger partial charge in [-0.1, -0.05) is 18.2 Å². The predicted octanol–water partition coefficient (Wildman–Crippen LogP) is 5.45. The predicted molar refractivity (Wildman–Crippen MR) is 154 cm³/mol. The molecule has 2 aromatic heterocycles. The number of hydrogen-bond donors (Lipinski definition) is 3. The number of methoxy groups -OCH3 is 4. The molecule has 3 aromatic carbocycles. The average molecular weight is 540 g/mol. The smallest absolute Gasteiger partial charge is 0.244 e. The van der Waals surface area contributed by atoms with Gasteiger partial charge in [0.15, 0.2) is 23.0 Å². The second-order valence-electron chi connectivity index (χ2n) is 8.95. The van der Waals surface area contributed by atoms with E-state index in [0.717, 1.165) is 27.4 Å². The molecule has 0 radical (unpaired) electrons. The van der Waals surface area contributed by atoms with Crippen molar-refractivity contribution in [1.29, 1.82) is 0 Å². The third-order valence-electron chi connectivity index (χ3n) is 6.56. The Kier molecular flexibility index (Phi) is 7.46. The minimum atomic E-state index is -0.289. The van der Waals surface area contributed by atoms with Crippen molar-refractivity contribution in [3.05, 3.63) is 78.0 Å². The van der Waals surface area contributed by atoms with Crippen molar-refractivity contribution in [2.24, 2.45) is 0 Å². The van der Waals surface area contributed by atoms with E-state index in [1.807, 2.05) is 30.3 Å². The Labute approximate surface area is 231 Å². The minimum absolute atomic E-state index is 0.0430. The highest BCUT2D eigenvalue weighted by Gasteiger charge is 2.16. The fourth-order valence-electron chi connectivity index (χ4n) is 4.63. The molecule has 9 nitrogen and oxygen atoms in total. The largest absolute Gasteiger partial charge is 0.504 e. The van der Waals surface area contributed by atoms with Crippen molar-refractivity contribution in [1.82, 2.24) is 15.3 Å². The van der Waals surface area contributed by atoms with E-state index in [0.29, 0.717) is 39.9 Å². The summed E-state index contributed by atoms with van der Waals surface area (Å²) in [5, 5.41) is 15.0. The molecule has 3 N–H and O–H groups in total. The minimum Gasteiger partial charge on any atom is -0.504 e. The number of nitrogens with zero attached hydrogens (tertiary/aromatic N) is 1. The molecule has 9 heteroatoms. The molecule has 5 aromatic rings. The monoisotopic (exact) mass is 539 g/mol. The maximum absolute atomic E-state index is 12.8. The van der Waals surface area contributed by atoms with E-state index < -0.39 is 0 Å². The van der Waals surface area contributed by atoms with Gasteiger partial charge in [-0.25, -0.2) is 4.98 Å². The summed E-state index contributed by atoms with van der Waals surface area (Å²) in [5.41, 5.74) is 4.67. The van der Waals surface area contributed by atoms with Crippen LogP contribution in [0.2, 0.25) is 0 Å². The molecule has 0 spiro atoms. The Morgan fingerprint density at radius 3 is 2.33 bits per heavy atom. The third-order valence-corrected chi connectivity index (χ3v) is 6.56. The molecule has 5 rings (SSSR count). The van der Waals surface area contributed by atoms with Gasteiger partial charge in [0.1, 0.15) is 0 Å². The fourth-order valence-corrected chi connectivity index (χ4v) is 4.63. The van der Waals surface area contributed by atoms with Gasteiger partial charge < -0.3 is 34.4 Å². The van der Waals surface area contributed by atoms with Gasteiger partial charge in [0.05, 0.1) is 51.9 Å². The lowest BCUT2D eigenvalue weighted by Crippen LogP contribution is -2.21. The van der Waals surface area contributed by atoms with Gasteiger partial charge in [0.25, 0.3) is 0 Å². The number of amides is 1. The number of carbonyl (C=O) groups excluding carboxylic acids is 1. The maximum atomic E-state index is 12.8. The molecular formula is C31H29N3O6. The summed E-state index contributed by atoms with van der Waals surface area (Å²) in [4.78, 5) is 21.1. The van der Waals surface area contributed by atoms with Crippen LogP contribution in [-0.4, -0.2) is 49.4 Å². The van der Waals surface area contributed by atoms with Gasteiger partial charge in [-0.2, -0.15) is 0 Å². The quantitative estimate of drug-likeness (QED) is 0.213. The number of hydrogen-bond acceptors (Lipinski definition) is 7. The number of benzene rings is 3. The van der Waals surface area contributed by atoms with Crippen molar-refractivity contribution >= 4 is 33.8 Å². The summed E-state index contributed by atoms with van der Waals surface area (Å²) in [5.74, 6) is 1.57. The highest BCUT2D eigenvalue weighted by Crippen LogP contribution is 2.39. The maximum Gasteiger partial charge on any atom is 0.244 e. The van der Waals surface area contributed by atoms with Crippen LogP contribution in [0.25, 0.3) is 39.1 Å². The molecule has 0 atom stereocenters. The number of H-pyrrole nitrogens is 1. The zero-order valence-electron chi connectivity index (χ0n) is 22.6. The van der Waals surface area contributed by atoms with Crippen molar-refractivity contribution in [3.63, 3.8) is 0 Å². The van der Waals surface area contributed by atoms with Gasteiger partial charge in [0, 0.05) is 27.9 Å². The van der Waals surface area contributed by atoms with E-state index in [4.69, 9.17) is 23.9 Å². The van der Waals surface area contributed by atoms with Crippen molar-refractivity contribution in [2.75, 3.05) is 28.4 Å². The molecule has 0 saturated heterocycles. The van der Waals surface area contributed by atoms with Crippen molar-refractivity contribution in [2.45, 2.75) is 6.54 Å². The van der Waals surface area contributed by atoms with Crippen LogP contribution in [0, 0.1) is 0 Å². The molecule has 0 unspecified atom stereocenters. The van der Waals surface area contributed by atoms with Crippen molar-refractivity contribution in [3.8, 4) is 40.0 Å². The summed E-state index contributed by atoms with van der Waals surface area (Å²) in [7, 11) is 6.12. The van der Waals surface area contributed by atoms with Crippen LogP contribution in [0.4, 0.5) is 0 Å². The van der Waals surface area contributed by atoms with Crippen LogP contribution in [0.3, 0.4) is 0 Å². The standard InChI is InChI=1S/C31H29N3O6/c1-37-25-15-19(10-11-24(25)35)29-30-22(21-7-5-6-8-23(21)34-30)16-20(33-29)17-32-28(36)12-9-18-13-26(38-2)31(40-4)27(14-18)39-3/h5-16,34-35H,17H2,1-4H3,(H,32,36)/b12-9+. The van der Waals surface area contributed by atoms with Gasteiger partial charge >= 0.3 is 0 Å². The Morgan fingerprint density at radius 2 is 1.62 bits per heavy atom. The molecule has 1 amide bonds. The van der Waals surface area contributed by atoms with Gasteiger partial charge in [0.2, 0.25) is 11.7 Å². The second-order valence-corrected chi connectivity index (χ2v) is 8.95. The highest BCUT2D eigenvalue weighted by atomic mass is 16.5. The first kappa shape index (κ1) is 26.4. The van der Waals surface area contributed by atoms with Crippen LogP contribution in [0.1, 0.15) is 11.3 Å². The van der Waals surface area contributed by atoms with Crippen LogP contribution < -0.4 is 24.3 Å². The Bertz CT molecular complexity index is 1720. The molecule has 2 heterocycles. The van der Waals surface area contributed by atoms with Gasteiger partial charge in [-0.05, 0) is 54.1 Å². The lowest BCUT2D eigenvalue weighted by Gasteiger charge is -2.12. The summed E-state index contributed by atoms with van der Waals surface area (Å²) in [6.45, 7) is 0.204. The highest BCUT2D eigenvalue weighted by molar-refractivity contribution is 6.11. The number of phenols is 1. The van der Waals surface area contributed by atoms with E-state index in [-0.39, 0.29) is 18.2 Å². The van der Waals surface area contributed by atoms with Crippen molar-refractivity contribution < 1.29 is 28.8 Å². The number of rotatable bonds is 9. The molecule has 0 aliphatic rings. The number of ether oxygens (including phenoxy) is 4. The lowest BCUT2D eigenvalue weighted by molar-refractivity contribution is -0.116. The number of aromatic hydroxyl groups is 1. The van der Waals surface area contributed by atoms with E-state index >= 15 is 0 Å². The molecule has 0 aliphatic carbocycles. The number of aromatic nitrogens is 2. The number of aromatic amines is 1.